The average molecular weight is 393 g/mol. The van der Waals surface area contributed by atoms with Gasteiger partial charge in [-0.2, -0.15) is 0 Å². The van der Waals surface area contributed by atoms with Crippen LogP contribution in [0, 0.1) is 5.92 Å². The van der Waals surface area contributed by atoms with Gasteiger partial charge in [0.15, 0.2) is 0 Å². The van der Waals surface area contributed by atoms with Gasteiger partial charge in [-0.05, 0) is 74.5 Å². The predicted octanol–water partition coefficient (Wildman–Crippen LogP) is 3.53. The predicted molar refractivity (Wildman–Crippen MR) is 115 cm³/mol. The molecule has 6 nitrogen and oxygen atoms in total. The summed E-state index contributed by atoms with van der Waals surface area (Å²) < 4.78 is 0. The first-order valence-corrected chi connectivity index (χ1v) is 10.2. The van der Waals surface area contributed by atoms with E-state index >= 15 is 0 Å². The highest BCUT2D eigenvalue weighted by Crippen LogP contribution is 2.19. The minimum absolute atomic E-state index is 0.153. The number of carbonyl (C=O) groups excluding carboxylic acids is 2. The molecule has 1 heterocycles. The fraction of sp³-hybridized carbons (Fsp3) is 0.348. The van der Waals surface area contributed by atoms with Crippen molar-refractivity contribution in [3.63, 3.8) is 0 Å². The summed E-state index contributed by atoms with van der Waals surface area (Å²) >= 11 is 0. The highest BCUT2D eigenvalue weighted by molar-refractivity contribution is 6.04. The third kappa shape index (κ3) is 6.26. The lowest BCUT2D eigenvalue weighted by Crippen LogP contribution is -2.25. The molecule has 6 heteroatoms. The van der Waals surface area contributed by atoms with Crippen molar-refractivity contribution in [1.29, 1.82) is 0 Å². The first-order valence-electron chi connectivity index (χ1n) is 10.2. The van der Waals surface area contributed by atoms with Gasteiger partial charge in [0.2, 0.25) is 0 Å². The third-order valence-corrected chi connectivity index (χ3v) is 4.89. The molecule has 0 saturated heterocycles. The minimum Gasteiger partial charge on any atom is -0.352 e. The van der Waals surface area contributed by atoms with E-state index in [4.69, 9.17) is 0 Å². The van der Waals surface area contributed by atoms with Crippen LogP contribution in [-0.4, -0.2) is 29.9 Å². The van der Waals surface area contributed by atoms with Gasteiger partial charge in [0.25, 0.3) is 11.8 Å². The summed E-state index contributed by atoms with van der Waals surface area (Å²) in [5, 5.41) is 9.17. The van der Waals surface area contributed by atoms with Crippen LogP contribution in [0.2, 0.25) is 0 Å². The number of amides is 2. The highest BCUT2D eigenvalue weighted by Gasteiger charge is 2.13. The fourth-order valence-corrected chi connectivity index (χ4v) is 3.41. The quantitative estimate of drug-likeness (QED) is 0.600. The molecule has 0 fully saturated rings. The number of pyridine rings is 1. The summed E-state index contributed by atoms with van der Waals surface area (Å²) in [5.41, 5.74) is 2.40. The monoisotopic (exact) mass is 392 g/mol. The van der Waals surface area contributed by atoms with Gasteiger partial charge in [-0.15, -0.1) is 0 Å². The number of allylic oxidation sites excluding steroid dienone is 2. The van der Waals surface area contributed by atoms with Gasteiger partial charge in [-0.3, -0.25) is 14.6 Å². The van der Waals surface area contributed by atoms with Crippen LogP contribution in [0.1, 0.15) is 52.6 Å². The maximum Gasteiger partial charge on any atom is 0.274 e. The van der Waals surface area contributed by atoms with Crippen molar-refractivity contribution in [2.45, 2.75) is 32.7 Å². The second kappa shape index (κ2) is 10.5. The van der Waals surface area contributed by atoms with E-state index in [0.29, 0.717) is 36.0 Å². The van der Waals surface area contributed by atoms with E-state index in [-0.39, 0.29) is 11.8 Å². The van der Waals surface area contributed by atoms with E-state index in [0.717, 1.165) is 24.9 Å². The third-order valence-electron chi connectivity index (χ3n) is 4.89. The molecule has 1 aromatic carbocycles. The summed E-state index contributed by atoms with van der Waals surface area (Å²) in [6, 6.07) is 10.7. The average Bonchev–Trinajstić information content (AvgIpc) is 2.75. The normalized spacial score (nSPS) is 15.7. The Bertz CT molecular complexity index is 864. The fourth-order valence-electron chi connectivity index (χ4n) is 3.41. The van der Waals surface area contributed by atoms with Crippen molar-refractivity contribution in [3.05, 3.63) is 71.6 Å². The van der Waals surface area contributed by atoms with Crippen molar-refractivity contribution >= 4 is 17.5 Å². The summed E-state index contributed by atoms with van der Waals surface area (Å²) in [7, 11) is 0. The first-order chi connectivity index (χ1) is 14.2. The molecule has 1 unspecified atom stereocenters. The molecule has 2 amide bonds. The van der Waals surface area contributed by atoms with Crippen molar-refractivity contribution in [2.24, 2.45) is 5.92 Å². The zero-order chi connectivity index (χ0) is 20.5. The lowest BCUT2D eigenvalue weighted by molar-refractivity contribution is 0.0954. The van der Waals surface area contributed by atoms with Crippen LogP contribution in [0.15, 0.2) is 54.7 Å². The zero-order valence-electron chi connectivity index (χ0n) is 16.8. The van der Waals surface area contributed by atoms with Gasteiger partial charge < -0.3 is 16.0 Å². The largest absolute Gasteiger partial charge is 0.352 e. The van der Waals surface area contributed by atoms with Crippen LogP contribution < -0.4 is 16.0 Å². The molecular formula is C23H28N4O2. The van der Waals surface area contributed by atoms with Gasteiger partial charge in [0, 0.05) is 30.5 Å². The Labute approximate surface area is 171 Å². The van der Waals surface area contributed by atoms with Crippen LogP contribution in [-0.2, 0) is 6.54 Å². The van der Waals surface area contributed by atoms with Gasteiger partial charge in [0.05, 0.1) is 0 Å². The van der Waals surface area contributed by atoms with Crippen molar-refractivity contribution < 1.29 is 9.59 Å². The molecule has 152 valence electrons. The molecule has 0 aliphatic heterocycles. The summed E-state index contributed by atoms with van der Waals surface area (Å²) in [5.74, 6) is 0.196. The van der Waals surface area contributed by atoms with E-state index < -0.39 is 0 Å². The zero-order valence-corrected chi connectivity index (χ0v) is 16.8. The van der Waals surface area contributed by atoms with Crippen LogP contribution in [0.3, 0.4) is 0 Å². The maximum absolute atomic E-state index is 12.5. The molecular weight excluding hydrogens is 364 g/mol. The van der Waals surface area contributed by atoms with Crippen molar-refractivity contribution in [3.8, 4) is 0 Å². The van der Waals surface area contributed by atoms with Crippen LogP contribution in [0.25, 0.3) is 0 Å². The molecule has 0 saturated carbocycles. The number of nitrogens with zero attached hydrogens (tertiary/aromatic N) is 1. The molecule has 3 N–H and O–H groups in total. The van der Waals surface area contributed by atoms with Crippen molar-refractivity contribution in [1.82, 2.24) is 15.6 Å². The van der Waals surface area contributed by atoms with E-state index in [1.54, 1.807) is 30.5 Å². The Morgan fingerprint density at radius 2 is 2.03 bits per heavy atom. The molecule has 0 radical (unpaired) electrons. The highest BCUT2D eigenvalue weighted by atomic mass is 16.2. The van der Waals surface area contributed by atoms with Gasteiger partial charge >= 0.3 is 0 Å². The van der Waals surface area contributed by atoms with Crippen molar-refractivity contribution in [2.75, 3.05) is 18.4 Å². The molecule has 1 atom stereocenters. The molecule has 0 bridgehead atoms. The lowest BCUT2D eigenvalue weighted by atomic mass is 9.94. The van der Waals surface area contributed by atoms with Gasteiger partial charge in [-0.1, -0.05) is 18.2 Å². The Kier molecular flexibility index (Phi) is 7.53. The molecule has 1 aliphatic rings. The number of hydrogen-bond donors (Lipinski definition) is 3. The Morgan fingerprint density at radius 3 is 2.76 bits per heavy atom. The Morgan fingerprint density at radius 1 is 1.14 bits per heavy atom. The molecule has 1 aromatic heterocycles. The second-order valence-corrected chi connectivity index (χ2v) is 7.23. The Balaban J connectivity index is 1.71. The van der Waals surface area contributed by atoms with Gasteiger partial charge in [-0.25, -0.2) is 0 Å². The van der Waals surface area contributed by atoms with E-state index in [9.17, 15) is 9.59 Å². The lowest BCUT2D eigenvalue weighted by Gasteiger charge is -2.18. The molecule has 29 heavy (non-hydrogen) atoms. The topological polar surface area (TPSA) is 83.1 Å². The number of aromatic nitrogens is 1. The number of anilines is 1. The van der Waals surface area contributed by atoms with Crippen LogP contribution >= 0.6 is 0 Å². The first kappa shape index (κ1) is 20.7. The SMILES string of the molecule is CCNC(=O)c1cc(CNCC2CC=CCC2)cc(NC(=O)c2ccccn2)c1. The number of benzene rings is 1. The Hall–Kier alpha value is -2.99. The number of rotatable bonds is 8. The molecule has 0 spiro atoms. The summed E-state index contributed by atoms with van der Waals surface area (Å²) in [4.78, 5) is 28.9. The smallest absolute Gasteiger partial charge is 0.274 e. The minimum atomic E-state index is -0.299. The van der Waals surface area contributed by atoms with Crippen LogP contribution in [0.4, 0.5) is 5.69 Å². The van der Waals surface area contributed by atoms with Crippen LogP contribution in [0.5, 0.6) is 0 Å². The number of carbonyl (C=O) groups is 2. The number of hydrogen-bond acceptors (Lipinski definition) is 4. The van der Waals surface area contributed by atoms with E-state index in [2.05, 4.69) is 33.1 Å². The molecule has 1 aliphatic carbocycles. The van der Waals surface area contributed by atoms with E-state index in [1.807, 2.05) is 19.1 Å². The summed E-state index contributed by atoms with van der Waals surface area (Å²) in [6.45, 7) is 4.00. The molecule has 2 aromatic rings. The second-order valence-electron chi connectivity index (χ2n) is 7.23. The molecule has 3 rings (SSSR count). The number of nitrogens with one attached hydrogen (secondary N) is 3. The maximum atomic E-state index is 12.5. The van der Waals surface area contributed by atoms with E-state index in [1.165, 1.54) is 6.42 Å². The van der Waals surface area contributed by atoms with Gasteiger partial charge in [0.1, 0.15) is 5.69 Å². The standard InChI is InChI=1S/C23H28N4O2/c1-2-25-22(28)19-12-18(16-24-15-17-8-4-3-5-9-17)13-20(14-19)27-23(29)21-10-6-7-11-26-21/h3-4,6-7,10-14,17,24H,2,5,8-9,15-16H2,1H3,(H,25,28)(H,27,29). The summed E-state index contributed by atoms with van der Waals surface area (Å²) in [6.07, 6.45) is 9.52.